The van der Waals surface area contributed by atoms with Crippen LogP contribution >= 0.6 is 0 Å². The van der Waals surface area contributed by atoms with Crippen molar-refractivity contribution in [1.82, 2.24) is 10.2 Å². The summed E-state index contributed by atoms with van der Waals surface area (Å²) in [5.41, 5.74) is 2.70. The Morgan fingerprint density at radius 3 is 2.40 bits per heavy atom. The molecule has 84 valence electrons. The number of nitrogens with one attached hydrogen (secondary N) is 1. The van der Waals surface area contributed by atoms with Gasteiger partial charge in [-0.25, -0.2) is 0 Å². The van der Waals surface area contributed by atoms with E-state index >= 15 is 0 Å². The summed E-state index contributed by atoms with van der Waals surface area (Å²) in [6.07, 6.45) is 0. The summed E-state index contributed by atoms with van der Waals surface area (Å²) in [6.45, 7) is 6.42. The van der Waals surface area contributed by atoms with Crippen molar-refractivity contribution in [1.29, 1.82) is 0 Å². The fraction of sp³-hybridized carbons (Fsp3) is 0.538. The monoisotopic (exact) mass is 206 g/mol. The maximum atomic E-state index is 3.25. The van der Waals surface area contributed by atoms with Crippen molar-refractivity contribution in [2.45, 2.75) is 26.4 Å². The molecule has 0 saturated heterocycles. The van der Waals surface area contributed by atoms with Crippen LogP contribution in [0.15, 0.2) is 24.3 Å². The molecule has 15 heavy (non-hydrogen) atoms. The lowest BCUT2D eigenvalue weighted by Gasteiger charge is -2.21. The molecule has 2 nitrogen and oxygen atoms in total. The highest BCUT2D eigenvalue weighted by atomic mass is 15.1. The highest BCUT2D eigenvalue weighted by molar-refractivity contribution is 5.21. The Labute approximate surface area is 93.3 Å². The van der Waals surface area contributed by atoms with Crippen LogP contribution in [-0.2, 0) is 6.54 Å². The van der Waals surface area contributed by atoms with E-state index < -0.39 is 0 Å². The van der Waals surface area contributed by atoms with Crippen LogP contribution in [0.25, 0.3) is 0 Å². The molecule has 1 atom stereocenters. The van der Waals surface area contributed by atoms with Gasteiger partial charge >= 0.3 is 0 Å². The highest BCUT2D eigenvalue weighted by Gasteiger charge is 2.04. The van der Waals surface area contributed by atoms with E-state index in [4.69, 9.17) is 0 Å². The fourth-order valence-electron chi connectivity index (χ4n) is 1.63. The third kappa shape index (κ3) is 4.45. The molecule has 0 bridgehead atoms. The number of hydrogen-bond donors (Lipinski definition) is 1. The van der Waals surface area contributed by atoms with E-state index in [0.29, 0.717) is 6.04 Å². The van der Waals surface area contributed by atoms with Crippen molar-refractivity contribution in [2.24, 2.45) is 0 Å². The van der Waals surface area contributed by atoms with Crippen molar-refractivity contribution >= 4 is 0 Å². The summed E-state index contributed by atoms with van der Waals surface area (Å²) >= 11 is 0. The van der Waals surface area contributed by atoms with Crippen molar-refractivity contribution < 1.29 is 0 Å². The zero-order valence-corrected chi connectivity index (χ0v) is 10.2. The van der Waals surface area contributed by atoms with Crippen LogP contribution in [0.4, 0.5) is 0 Å². The Balaban J connectivity index is 2.44. The van der Waals surface area contributed by atoms with Crippen LogP contribution in [0, 0.1) is 6.92 Å². The van der Waals surface area contributed by atoms with Gasteiger partial charge in [-0.15, -0.1) is 0 Å². The van der Waals surface area contributed by atoms with E-state index in [9.17, 15) is 0 Å². The minimum atomic E-state index is 0.542. The Morgan fingerprint density at radius 2 is 1.87 bits per heavy atom. The van der Waals surface area contributed by atoms with E-state index in [0.717, 1.165) is 13.1 Å². The molecule has 0 amide bonds. The molecule has 2 heteroatoms. The van der Waals surface area contributed by atoms with Gasteiger partial charge in [0.15, 0.2) is 0 Å². The van der Waals surface area contributed by atoms with Gasteiger partial charge in [-0.3, -0.25) is 0 Å². The molecule has 1 rings (SSSR count). The van der Waals surface area contributed by atoms with E-state index in [1.165, 1.54) is 11.1 Å². The molecule has 1 aromatic carbocycles. The fourth-order valence-corrected chi connectivity index (χ4v) is 1.63. The number of benzene rings is 1. The van der Waals surface area contributed by atoms with E-state index in [-0.39, 0.29) is 0 Å². The van der Waals surface area contributed by atoms with Gasteiger partial charge in [0.2, 0.25) is 0 Å². The maximum absolute atomic E-state index is 3.25. The van der Waals surface area contributed by atoms with Crippen LogP contribution in [0.1, 0.15) is 18.1 Å². The Bertz CT molecular complexity index is 279. The van der Waals surface area contributed by atoms with Gasteiger partial charge in [0, 0.05) is 19.1 Å². The summed E-state index contributed by atoms with van der Waals surface area (Å²) in [5.74, 6) is 0. The largest absolute Gasteiger partial charge is 0.316 e. The SMILES string of the molecule is CNC(C)CN(C)Cc1ccc(C)cc1. The van der Waals surface area contributed by atoms with Crippen molar-refractivity contribution in [3.63, 3.8) is 0 Å². The molecular formula is C13H22N2. The summed E-state index contributed by atoms with van der Waals surface area (Å²) in [4.78, 5) is 2.34. The van der Waals surface area contributed by atoms with Gasteiger partial charge in [0.05, 0.1) is 0 Å². The maximum Gasteiger partial charge on any atom is 0.0231 e. The van der Waals surface area contributed by atoms with Crippen LogP contribution in [-0.4, -0.2) is 31.6 Å². The standard InChI is InChI=1S/C13H22N2/c1-11-5-7-13(8-6-11)10-15(4)9-12(2)14-3/h5-8,12,14H,9-10H2,1-4H3. The molecule has 0 radical (unpaired) electrons. The molecule has 0 saturated carbocycles. The van der Waals surface area contributed by atoms with Gasteiger partial charge < -0.3 is 10.2 Å². The third-order valence-electron chi connectivity index (χ3n) is 2.65. The first-order valence-electron chi connectivity index (χ1n) is 5.53. The molecule has 0 heterocycles. The van der Waals surface area contributed by atoms with Crippen LogP contribution in [0.5, 0.6) is 0 Å². The number of aryl methyl sites for hydroxylation is 1. The van der Waals surface area contributed by atoms with E-state index in [1.54, 1.807) is 0 Å². The van der Waals surface area contributed by atoms with Gasteiger partial charge in [0.25, 0.3) is 0 Å². The zero-order valence-electron chi connectivity index (χ0n) is 10.2. The number of nitrogens with zero attached hydrogens (tertiary/aromatic N) is 1. The van der Waals surface area contributed by atoms with Gasteiger partial charge in [-0.2, -0.15) is 0 Å². The normalized spacial score (nSPS) is 13.1. The Kier molecular flexibility index (Phi) is 4.79. The van der Waals surface area contributed by atoms with Crippen LogP contribution < -0.4 is 5.32 Å². The lowest BCUT2D eigenvalue weighted by Crippen LogP contribution is -2.34. The third-order valence-corrected chi connectivity index (χ3v) is 2.65. The minimum absolute atomic E-state index is 0.542. The van der Waals surface area contributed by atoms with Crippen molar-refractivity contribution in [3.05, 3.63) is 35.4 Å². The summed E-state index contributed by atoms with van der Waals surface area (Å²) < 4.78 is 0. The average molecular weight is 206 g/mol. The Morgan fingerprint density at radius 1 is 1.27 bits per heavy atom. The minimum Gasteiger partial charge on any atom is -0.316 e. The number of likely N-dealkylation sites (N-methyl/N-ethyl adjacent to an activating group) is 2. The summed E-state index contributed by atoms with van der Waals surface area (Å²) in [7, 11) is 4.16. The summed E-state index contributed by atoms with van der Waals surface area (Å²) in [6, 6.07) is 9.29. The molecule has 0 aliphatic heterocycles. The molecule has 1 N–H and O–H groups in total. The van der Waals surface area contributed by atoms with Crippen molar-refractivity contribution in [2.75, 3.05) is 20.6 Å². The van der Waals surface area contributed by atoms with Crippen LogP contribution in [0.3, 0.4) is 0 Å². The molecule has 0 fully saturated rings. The average Bonchev–Trinajstić information content (AvgIpc) is 2.21. The highest BCUT2D eigenvalue weighted by Crippen LogP contribution is 2.05. The van der Waals surface area contributed by atoms with Gasteiger partial charge in [0.1, 0.15) is 0 Å². The summed E-state index contributed by atoms with van der Waals surface area (Å²) in [5, 5.41) is 3.25. The van der Waals surface area contributed by atoms with Gasteiger partial charge in [-0.05, 0) is 33.5 Å². The molecule has 0 aromatic heterocycles. The molecule has 0 aliphatic rings. The van der Waals surface area contributed by atoms with Crippen molar-refractivity contribution in [3.8, 4) is 0 Å². The van der Waals surface area contributed by atoms with Crippen LogP contribution in [0.2, 0.25) is 0 Å². The molecule has 1 aromatic rings. The molecule has 0 aliphatic carbocycles. The first-order valence-corrected chi connectivity index (χ1v) is 5.53. The predicted molar refractivity (Wildman–Crippen MR) is 66.0 cm³/mol. The lowest BCUT2D eigenvalue weighted by atomic mass is 10.1. The molecular weight excluding hydrogens is 184 g/mol. The number of hydrogen-bond acceptors (Lipinski definition) is 2. The number of rotatable bonds is 5. The first-order chi connectivity index (χ1) is 7.11. The lowest BCUT2D eigenvalue weighted by molar-refractivity contribution is 0.295. The molecule has 0 spiro atoms. The zero-order chi connectivity index (χ0) is 11.3. The quantitative estimate of drug-likeness (QED) is 0.793. The predicted octanol–water partition coefficient (Wildman–Crippen LogP) is 2.03. The van der Waals surface area contributed by atoms with E-state index in [1.807, 2.05) is 7.05 Å². The van der Waals surface area contributed by atoms with Gasteiger partial charge in [-0.1, -0.05) is 29.8 Å². The first kappa shape index (κ1) is 12.2. The smallest absolute Gasteiger partial charge is 0.0231 e. The topological polar surface area (TPSA) is 15.3 Å². The second kappa shape index (κ2) is 5.89. The molecule has 1 unspecified atom stereocenters. The second-order valence-electron chi connectivity index (χ2n) is 4.37. The Hall–Kier alpha value is -0.860. The van der Waals surface area contributed by atoms with E-state index in [2.05, 4.69) is 55.4 Å². The second-order valence-corrected chi connectivity index (χ2v) is 4.37.